The van der Waals surface area contributed by atoms with Crippen molar-refractivity contribution in [2.24, 2.45) is 5.92 Å². The second-order valence-corrected chi connectivity index (χ2v) is 13.0. The van der Waals surface area contributed by atoms with Gasteiger partial charge in [-0.1, -0.05) is 29.0 Å². The van der Waals surface area contributed by atoms with E-state index >= 15 is 0 Å². The second-order valence-electron chi connectivity index (χ2n) is 8.07. The summed E-state index contributed by atoms with van der Waals surface area (Å²) in [5, 5.41) is 0.510. The monoisotopic (exact) mass is 551 g/mol. The van der Waals surface area contributed by atoms with Gasteiger partial charge in [-0.05, 0) is 49.2 Å². The first kappa shape index (κ1) is 24.3. The number of methoxy groups -OCH3 is 1. The number of aromatic nitrogens is 1. The Morgan fingerprint density at radius 2 is 2.11 bits per heavy atom. The van der Waals surface area contributed by atoms with Crippen LogP contribution >= 0.6 is 34.3 Å². The van der Waals surface area contributed by atoms with Gasteiger partial charge in [-0.25, -0.2) is 13.4 Å². The molecule has 0 bridgehead atoms. The number of fused-ring (bicyclic) bond motifs is 1. The van der Waals surface area contributed by atoms with E-state index in [0.717, 1.165) is 16.0 Å². The smallest absolute Gasteiger partial charge is 0.252 e. The standard InChI is InChI=1S/C23H22ClN3O5S3/c1-31-17-7-2-8-18-21(17)25-23(33-18)27(14-16-6-4-12-32-16)22(28)15-5-3-11-26(13-15)35(29,30)20-10-9-19(24)34-20/h2,4,6-10,12,15H,3,5,11,13-14H2,1H3. The van der Waals surface area contributed by atoms with E-state index in [1.807, 2.05) is 18.2 Å². The molecule has 184 valence electrons. The van der Waals surface area contributed by atoms with Crippen LogP contribution in [0.5, 0.6) is 5.75 Å². The molecule has 1 saturated heterocycles. The maximum Gasteiger partial charge on any atom is 0.252 e. The Morgan fingerprint density at radius 3 is 2.83 bits per heavy atom. The van der Waals surface area contributed by atoms with Crippen molar-refractivity contribution in [2.45, 2.75) is 23.6 Å². The van der Waals surface area contributed by atoms with E-state index in [9.17, 15) is 13.2 Å². The summed E-state index contributed by atoms with van der Waals surface area (Å²) in [6.45, 7) is 0.648. The molecule has 3 aromatic heterocycles. The van der Waals surface area contributed by atoms with Crippen LogP contribution in [0.2, 0.25) is 4.34 Å². The molecule has 1 fully saturated rings. The number of para-hydroxylation sites is 1. The van der Waals surface area contributed by atoms with Crippen molar-refractivity contribution in [3.8, 4) is 5.75 Å². The van der Waals surface area contributed by atoms with Gasteiger partial charge in [0, 0.05) is 13.1 Å². The summed E-state index contributed by atoms with van der Waals surface area (Å²) < 4.78 is 40.1. The van der Waals surface area contributed by atoms with Crippen LogP contribution in [-0.2, 0) is 21.4 Å². The third-order valence-corrected chi connectivity index (χ3v) is 10.5. The first-order valence-electron chi connectivity index (χ1n) is 10.9. The Bertz CT molecular complexity index is 1450. The van der Waals surface area contributed by atoms with E-state index in [1.54, 1.807) is 36.5 Å². The van der Waals surface area contributed by atoms with Crippen molar-refractivity contribution in [3.63, 3.8) is 0 Å². The summed E-state index contributed by atoms with van der Waals surface area (Å²) >= 11 is 8.37. The lowest BCUT2D eigenvalue weighted by Gasteiger charge is -2.33. The molecule has 0 saturated carbocycles. The van der Waals surface area contributed by atoms with Crippen LogP contribution in [0.15, 0.2) is 57.4 Å². The first-order valence-corrected chi connectivity index (χ1v) is 14.3. The molecule has 12 heteroatoms. The number of furan rings is 1. The summed E-state index contributed by atoms with van der Waals surface area (Å²) in [4.78, 5) is 20.1. The van der Waals surface area contributed by atoms with E-state index in [2.05, 4.69) is 0 Å². The fourth-order valence-electron chi connectivity index (χ4n) is 4.14. The Morgan fingerprint density at radius 1 is 1.26 bits per heavy atom. The number of thiazole rings is 1. The van der Waals surface area contributed by atoms with Gasteiger partial charge < -0.3 is 9.15 Å². The van der Waals surface area contributed by atoms with E-state index in [-0.39, 0.29) is 23.2 Å². The van der Waals surface area contributed by atoms with Gasteiger partial charge in [0.2, 0.25) is 5.91 Å². The largest absolute Gasteiger partial charge is 0.494 e. The van der Waals surface area contributed by atoms with Crippen LogP contribution in [0.3, 0.4) is 0 Å². The highest BCUT2D eigenvalue weighted by Crippen LogP contribution is 2.36. The highest BCUT2D eigenvalue weighted by Gasteiger charge is 2.37. The number of rotatable bonds is 7. The van der Waals surface area contributed by atoms with Gasteiger partial charge in [0.1, 0.15) is 21.2 Å². The van der Waals surface area contributed by atoms with Crippen molar-refractivity contribution >= 4 is 65.6 Å². The summed E-state index contributed by atoms with van der Waals surface area (Å²) in [5.74, 6) is 0.527. The molecule has 1 amide bonds. The van der Waals surface area contributed by atoms with Crippen LogP contribution in [0.4, 0.5) is 5.13 Å². The third-order valence-electron chi connectivity index (χ3n) is 5.86. The molecular weight excluding hydrogens is 530 g/mol. The topological polar surface area (TPSA) is 93.0 Å². The quantitative estimate of drug-likeness (QED) is 0.311. The minimum absolute atomic E-state index is 0.0968. The number of amides is 1. The van der Waals surface area contributed by atoms with E-state index in [4.69, 9.17) is 25.7 Å². The minimum Gasteiger partial charge on any atom is -0.494 e. The van der Waals surface area contributed by atoms with Crippen LogP contribution < -0.4 is 9.64 Å². The number of ether oxygens (including phenoxy) is 1. The average molecular weight is 552 g/mol. The molecule has 8 nitrogen and oxygen atoms in total. The number of piperidine rings is 1. The Hall–Kier alpha value is -2.44. The van der Waals surface area contributed by atoms with Crippen molar-refractivity contribution in [2.75, 3.05) is 25.1 Å². The maximum atomic E-state index is 13.8. The fraction of sp³-hybridized carbons (Fsp3) is 0.304. The first-order chi connectivity index (χ1) is 16.9. The number of carbonyl (C=O) groups is 1. The maximum absolute atomic E-state index is 13.8. The molecule has 0 aliphatic carbocycles. The Balaban J connectivity index is 1.45. The highest BCUT2D eigenvalue weighted by molar-refractivity contribution is 7.91. The number of thiophene rings is 1. The van der Waals surface area contributed by atoms with Crippen molar-refractivity contribution < 1.29 is 22.4 Å². The zero-order valence-corrected chi connectivity index (χ0v) is 21.9. The highest BCUT2D eigenvalue weighted by atomic mass is 35.5. The second kappa shape index (κ2) is 9.90. The van der Waals surface area contributed by atoms with E-state index < -0.39 is 15.9 Å². The third kappa shape index (κ3) is 4.83. The number of anilines is 1. The van der Waals surface area contributed by atoms with Gasteiger partial charge in [-0.2, -0.15) is 4.31 Å². The molecule has 1 aliphatic rings. The normalized spacial score (nSPS) is 17.0. The van der Waals surface area contributed by atoms with E-state index in [1.165, 1.54) is 21.7 Å². The number of hydrogen-bond donors (Lipinski definition) is 0. The SMILES string of the molecule is COc1cccc2sc(N(Cc3ccco3)C(=O)C3CCCN(S(=O)(=O)c4ccc(Cl)s4)C3)nc12. The number of sulfonamides is 1. The van der Waals surface area contributed by atoms with Crippen LogP contribution in [-0.4, -0.2) is 43.8 Å². The molecule has 4 aromatic rings. The number of nitrogens with zero attached hydrogens (tertiary/aromatic N) is 3. The average Bonchev–Trinajstić information content (AvgIpc) is 3.62. The molecule has 1 atom stereocenters. The Labute approximate surface area is 215 Å². The van der Waals surface area contributed by atoms with E-state index in [0.29, 0.717) is 45.9 Å². The zero-order valence-electron chi connectivity index (χ0n) is 18.7. The summed E-state index contributed by atoms with van der Waals surface area (Å²) in [6.07, 6.45) is 2.72. The van der Waals surface area contributed by atoms with Crippen LogP contribution in [0.25, 0.3) is 10.2 Å². The molecule has 5 rings (SSSR count). The molecule has 1 unspecified atom stereocenters. The molecular formula is C23H22ClN3O5S3. The van der Waals surface area contributed by atoms with Gasteiger partial charge in [-0.3, -0.25) is 9.69 Å². The lowest BCUT2D eigenvalue weighted by atomic mass is 9.98. The van der Waals surface area contributed by atoms with Gasteiger partial charge in [0.15, 0.2) is 5.13 Å². The predicted octanol–water partition coefficient (Wildman–Crippen LogP) is 5.25. The molecule has 4 heterocycles. The number of hydrogen-bond acceptors (Lipinski definition) is 8. The fourth-order valence-corrected chi connectivity index (χ4v) is 8.28. The summed E-state index contributed by atoms with van der Waals surface area (Å²) in [7, 11) is -2.15. The number of halogens is 1. The van der Waals surface area contributed by atoms with Crippen LogP contribution in [0.1, 0.15) is 18.6 Å². The molecule has 0 spiro atoms. The Kier molecular flexibility index (Phi) is 6.86. The number of benzene rings is 1. The molecule has 35 heavy (non-hydrogen) atoms. The van der Waals surface area contributed by atoms with Gasteiger partial charge in [0.05, 0.1) is 34.9 Å². The lowest BCUT2D eigenvalue weighted by Crippen LogP contribution is -2.46. The zero-order chi connectivity index (χ0) is 24.6. The number of carbonyl (C=O) groups excluding carboxylic acids is 1. The van der Waals surface area contributed by atoms with Gasteiger partial charge >= 0.3 is 0 Å². The van der Waals surface area contributed by atoms with Gasteiger partial charge in [-0.15, -0.1) is 11.3 Å². The summed E-state index contributed by atoms with van der Waals surface area (Å²) in [5.41, 5.74) is 0.676. The summed E-state index contributed by atoms with van der Waals surface area (Å²) in [6, 6.07) is 12.3. The van der Waals surface area contributed by atoms with Crippen LogP contribution in [0, 0.1) is 5.92 Å². The van der Waals surface area contributed by atoms with Gasteiger partial charge in [0.25, 0.3) is 10.0 Å². The predicted molar refractivity (Wildman–Crippen MR) is 137 cm³/mol. The molecule has 1 aliphatic heterocycles. The van der Waals surface area contributed by atoms with Crippen molar-refractivity contribution in [1.29, 1.82) is 0 Å². The lowest BCUT2D eigenvalue weighted by molar-refractivity contribution is -0.123. The molecule has 1 aromatic carbocycles. The van der Waals surface area contributed by atoms with Crippen molar-refractivity contribution in [3.05, 3.63) is 58.8 Å². The molecule has 0 N–H and O–H groups in total. The minimum atomic E-state index is -3.73. The van der Waals surface area contributed by atoms with Crippen molar-refractivity contribution in [1.82, 2.24) is 9.29 Å². The molecule has 0 radical (unpaired) electrons.